The molecule has 1 saturated heterocycles. The lowest BCUT2D eigenvalue weighted by Gasteiger charge is -2.32. The summed E-state index contributed by atoms with van der Waals surface area (Å²) in [7, 11) is 0. The molecule has 1 saturated carbocycles. The van der Waals surface area contributed by atoms with Crippen molar-refractivity contribution < 1.29 is 0 Å². The maximum Gasteiger partial charge on any atom is 0.0462 e. The Balaban J connectivity index is 1.45. The van der Waals surface area contributed by atoms with Crippen LogP contribution in [0.25, 0.3) is 0 Å². The summed E-state index contributed by atoms with van der Waals surface area (Å²) >= 11 is 9.76. The summed E-state index contributed by atoms with van der Waals surface area (Å²) in [6, 6.07) is 7.04. The van der Waals surface area contributed by atoms with Crippen LogP contribution in [0.1, 0.15) is 31.2 Å². The molecule has 0 amide bonds. The van der Waals surface area contributed by atoms with Crippen molar-refractivity contribution in [1.29, 1.82) is 0 Å². The Morgan fingerprint density at radius 2 is 1.95 bits per heavy atom. The molecular weight excluding hydrogens is 336 g/mol. The molecule has 1 aromatic carbocycles. The van der Waals surface area contributed by atoms with Crippen LogP contribution >= 0.6 is 27.5 Å². The monoisotopic (exact) mass is 356 g/mol. The van der Waals surface area contributed by atoms with E-state index in [-0.39, 0.29) is 0 Å². The summed E-state index contributed by atoms with van der Waals surface area (Å²) in [5, 5.41) is 4.53. The first-order valence-corrected chi connectivity index (χ1v) is 8.77. The molecule has 110 valence electrons. The van der Waals surface area contributed by atoms with Gasteiger partial charge in [-0.3, -0.25) is 4.90 Å². The standard InChI is InChI=1S/C16H22BrClN2/c17-14-2-1-13(16(18)9-14)11-20-7-5-12(6-8-20)10-19-15-3-4-15/h1-2,9,12,15,19H,3-8,10-11H2. The van der Waals surface area contributed by atoms with E-state index in [9.17, 15) is 0 Å². The highest BCUT2D eigenvalue weighted by atomic mass is 79.9. The third kappa shape index (κ3) is 4.20. The second kappa shape index (κ2) is 6.78. The van der Waals surface area contributed by atoms with Crippen LogP contribution in [-0.2, 0) is 6.54 Å². The van der Waals surface area contributed by atoms with Gasteiger partial charge in [-0.25, -0.2) is 0 Å². The minimum atomic E-state index is 0.842. The van der Waals surface area contributed by atoms with Gasteiger partial charge in [0.1, 0.15) is 0 Å². The van der Waals surface area contributed by atoms with Gasteiger partial charge in [0.2, 0.25) is 0 Å². The minimum absolute atomic E-state index is 0.842. The highest BCUT2D eigenvalue weighted by molar-refractivity contribution is 9.10. The number of piperidine rings is 1. The largest absolute Gasteiger partial charge is 0.314 e. The normalized spacial score (nSPS) is 21.3. The topological polar surface area (TPSA) is 15.3 Å². The molecule has 0 aromatic heterocycles. The van der Waals surface area contributed by atoms with Crippen molar-refractivity contribution >= 4 is 27.5 Å². The van der Waals surface area contributed by atoms with Gasteiger partial charge in [0.05, 0.1) is 0 Å². The molecule has 1 aliphatic heterocycles. The molecule has 1 aromatic rings. The Bertz CT molecular complexity index is 454. The molecule has 0 spiro atoms. The van der Waals surface area contributed by atoms with E-state index in [0.717, 1.165) is 28.0 Å². The highest BCUT2D eigenvalue weighted by Gasteiger charge is 2.24. The van der Waals surface area contributed by atoms with Crippen molar-refractivity contribution in [2.45, 2.75) is 38.3 Å². The summed E-state index contributed by atoms with van der Waals surface area (Å²) in [4.78, 5) is 2.53. The highest BCUT2D eigenvalue weighted by Crippen LogP contribution is 2.25. The second-order valence-corrected chi connectivity index (χ2v) is 7.46. The first kappa shape index (κ1) is 14.8. The third-order valence-corrected chi connectivity index (χ3v) is 5.23. The molecule has 2 aliphatic rings. The van der Waals surface area contributed by atoms with Crippen LogP contribution in [0.5, 0.6) is 0 Å². The SMILES string of the molecule is Clc1cc(Br)ccc1CN1CCC(CNC2CC2)CC1. The number of nitrogens with zero attached hydrogens (tertiary/aromatic N) is 1. The van der Waals surface area contributed by atoms with E-state index in [2.05, 4.69) is 38.3 Å². The van der Waals surface area contributed by atoms with Crippen molar-refractivity contribution in [2.24, 2.45) is 5.92 Å². The van der Waals surface area contributed by atoms with E-state index in [4.69, 9.17) is 11.6 Å². The first-order valence-electron chi connectivity index (χ1n) is 7.60. The van der Waals surface area contributed by atoms with Crippen LogP contribution < -0.4 is 5.32 Å². The molecular formula is C16H22BrClN2. The molecule has 3 rings (SSSR count). The van der Waals surface area contributed by atoms with Crippen LogP contribution in [0.4, 0.5) is 0 Å². The average molecular weight is 358 g/mol. The van der Waals surface area contributed by atoms with Crippen LogP contribution in [-0.4, -0.2) is 30.6 Å². The minimum Gasteiger partial charge on any atom is -0.314 e. The van der Waals surface area contributed by atoms with Gasteiger partial charge in [0, 0.05) is 22.1 Å². The number of halogens is 2. The quantitative estimate of drug-likeness (QED) is 0.854. The van der Waals surface area contributed by atoms with Gasteiger partial charge >= 0.3 is 0 Å². The van der Waals surface area contributed by atoms with Gasteiger partial charge < -0.3 is 5.32 Å². The van der Waals surface area contributed by atoms with Crippen LogP contribution in [0.3, 0.4) is 0 Å². The van der Waals surface area contributed by atoms with Crippen molar-refractivity contribution in [3.63, 3.8) is 0 Å². The summed E-state index contributed by atoms with van der Waals surface area (Å²) in [5.41, 5.74) is 1.24. The molecule has 0 bridgehead atoms. The predicted octanol–water partition coefficient (Wildman–Crippen LogP) is 4.07. The molecule has 0 atom stereocenters. The van der Waals surface area contributed by atoms with E-state index in [1.54, 1.807) is 0 Å². The van der Waals surface area contributed by atoms with Crippen LogP contribution in [0.15, 0.2) is 22.7 Å². The molecule has 0 unspecified atom stereocenters. The summed E-state index contributed by atoms with van der Waals surface area (Å²) in [6.45, 7) is 4.60. The predicted molar refractivity (Wildman–Crippen MR) is 88.2 cm³/mol. The zero-order valence-corrected chi connectivity index (χ0v) is 14.1. The van der Waals surface area contributed by atoms with Gasteiger partial charge in [0.25, 0.3) is 0 Å². The average Bonchev–Trinajstić information content (AvgIpc) is 3.25. The van der Waals surface area contributed by atoms with Crippen molar-refractivity contribution in [3.05, 3.63) is 33.3 Å². The van der Waals surface area contributed by atoms with Crippen molar-refractivity contribution in [1.82, 2.24) is 10.2 Å². The molecule has 1 aliphatic carbocycles. The number of benzene rings is 1. The van der Waals surface area contributed by atoms with E-state index in [1.807, 2.05) is 6.07 Å². The summed E-state index contributed by atoms with van der Waals surface area (Å²) in [6.07, 6.45) is 5.41. The Kier molecular flexibility index (Phi) is 5.03. The van der Waals surface area contributed by atoms with Gasteiger partial charge in [-0.05, 0) is 68.9 Å². The van der Waals surface area contributed by atoms with E-state index < -0.39 is 0 Å². The summed E-state index contributed by atoms with van der Waals surface area (Å²) < 4.78 is 1.05. The van der Waals surface area contributed by atoms with Gasteiger partial charge in [0.15, 0.2) is 0 Å². The van der Waals surface area contributed by atoms with Gasteiger partial charge in [-0.1, -0.05) is 33.6 Å². The van der Waals surface area contributed by atoms with E-state index >= 15 is 0 Å². The Morgan fingerprint density at radius 1 is 1.20 bits per heavy atom. The second-order valence-electron chi connectivity index (χ2n) is 6.14. The zero-order valence-electron chi connectivity index (χ0n) is 11.7. The molecule has 1 heterocycles. The van der Waals surface area contributed by atoms with E-state index in [0.29, 0.717) is 0 Å². The molecule has 2 nitrogen and oxygen atoms in total. The summed E-state index contributed by atoms with van der Waals surface area (Å²) in [5.74, 6) is 0.868. The first-order chi connectivity index (χ1) is 9.70. The van der Waals surface area contributed by atoms with Crippen LogP contribution in [0, 0.1) is 5.92 Å². The van der Waals surface area contributed by atoms with Crippen molar-refractivity contribution in [2.75, 3.05) is 19.6 Å². The fraction of sp³-hybridized carbons (Fsp3) is 0.625. The molecule has 1 N–H and O–H groups in total. The molecule has 2 fully saturated rings. The lowest BCUT2D eigenvalue weighted by Crippen LogP contribution is -2.37. The maximum atomic E-state index is 6.30. The number of nitrogens with one attached hydrogen (secondary N) is 1. The van der Waals surface area contributed by atoms with Gasteiger partial charge in [-0.2, -0.15) is 0 Å². The van der Waals surface area contributed by atoms with E-state index in [1.165, 1.54) is 50.9 Å². The number of likely N-dealkylation sites (tertiary alicyclic amines) is 1. The maximum absolute atomic E-state index is 6.30. The molecule has 0 radical (unpaired) electrons. The third-order valence-electron chi connectivity index (χ3n) is 4.39. The Hall–Kier alpha value is -0.0900. The Morgan fingerprint density at radius 3 is 2.60 bits per heavy atom. The van der Waals surface area contributed by atoms with Gasteiger partial charge in [-0.15, -0.1) is 0 Å². The lowest BCUT2D eigenvalue weighted by atomic mass is 9.96. The van der Waals surface area contributed by atoms with Crippen LogP contribution in [0.2, 0.25) is 5.02 Å². The van der Waals surface area contributed by atoms with Crippen molar-refractivity contribution in [3.8, 4) is 0 Å². The molecule has 20 heavy (non-hydrogen) atoms. The number of hydrogen-bond acceptors (Lipinski definition) is 2. The smallest absolute Gasteiger partial charge is 0.0462 e. The zero-order chi connectivity index (χ0) is 13.9. The fourth-order valence-corrected chi connectivity index (χ4v) is 3.59. The number of rotatable bonds is 5. The lowest BCUT2D eigenvalue weighted by molar-refractivity contribution is 0.175. The Labute approximate surface area is 135 Å². The fourth-order valence-electron chi connectivity index (χ4n) is 2.86. The number of hydrogen-bond donors (Lipinski definition) is 1. The molecule has 4 heteroatoms.